The fraction of sp³-hybridized carbons (Fsp3) is 0.520. The second-order valence-corrected chi connectivity index (χ2v) is 9.09. The summed E-state index contributed by atoms with van der Waals surface area (Å²) in [5.74, 6) is 1.07. The lowest BCUT2D eigenvalue weighted by molar-refractivity contribution is -0.00702. The molecule has 0 saturated carbocycles. The number of aromatic nitrogens is 1. The Morgan fingerprint density at radius 2 is 2.00 bits per heavy atom. The standard InChI is InChI=1S/C25H32ClN3O3/c1-31-23-11-13-29-17-19(23)6-4-5-12-28(18-21-10-9-20(26)16-27-21)14-15-32-24-8-3-2-7-22(24)25(29)30/h2-3,7-10,16,19,23H,4-6,11-15,17-18H2,1H3/t19-,23+/m0/s1. The third-order valence-corrected chi connectivity index (χ3v) is 6.73. The number of pyridine rings is 1. The smallest absolute Gasteiger partial charge is 0.257 e. The SMILES string of the molecule is CO[C@@H]1CCN2C[C@@H]1CCCCN(Cc1ccc(Cl)cn1)CCOc1ccccc1C2=O. The van der Waals surface area contributed by atoms with Crippen LogP contribution in [0.4, 0.5) is 0 Å². The number of methoxy groups -OCH3 is 1. The van der Waals surface area contributed by atoms with Gasteiger partial charge in [0.05, 0.1) is 22.4 Å². The highest BCUT2D eigenvalue weighted by molar-refractivity contribution is 6.30. The maximum atomic E-state index is 13.3. The number of halogens is 1. The molecule has 7 heteroatoms. The molecule has 0 unspecified atom stereocenters. The maximum absolute atomic E-state index is 13.3. The van der Waals surface area contributed by atoms with E-state index in [2.05, 4.69) is 9.88 Å². The first kappa shape index (κ1) is 23.0. The van der Waals surface area contributed by atoms with E-state index in [0.29, 0.717) is 28.9 Å². The zero-order chi connectivity index (χ0) is 22.3. The van der Waals surface area contributed by atoms with Crippen molar-refractivity contribution in [3.05, 3.63) is 58.9 Å². The first-order valence-corrected chi connectivity index (χ1v) is 11.9. The number of benzene rings is 1. The molecule has 1 aromatic heterocycles. The topological polar surface area (TPSA) is 54.9 Å². The van der Waals surface area contributed by atoms with Gasteiger partial charge in [-0.15, -0.1) is 0 Å². The van der Waals surface area contributed by atoms with Gasteiger partial charge in [0.1, 0.15) is 12.4 Å². The zero-order valence-corrected chi connectivity index (χ0v) is 19.5. The van der Waals surface area contributed by atoms with Crippen LogP contribution in [0.2, 0.25) is 5.02 Å². The molecule has 2 aromatic rings. The summed E-state index contributed by atoms with van der Waals surface area (Å²) in [6.07, 6.45) is 6.05. The van der Waals surface area contributed by atoms with Gasteiger partial charge in [-0.1, -0.05) is 30.2 Å². The van der Waals surface area contributed by atoms with Gasteiger partial charge in [0.2, 0.25) is 0 Å². The second kappa shape index (κ2) is 11.1. The fourth-order valence-corrected chi connectivity index (χ4v) is 4.86. The molecule has 4 rings (SSSR count). The summed E-state index contributed by atoms with van der Waals surface area (Å²) < 4.78 is 11.9. The molecule has 1 saturated heterocycles. The van der Waals surface area contributed by atoms with Crippen molar-refractivity contribution in [3.8, 4) is 5.75 Å². The van der Waals surface area contributed by atoms with Crippen molar-refractivity contribution in [2.24, 2.45) is 5.92 Å². The van der Waals surface area contributed by atoms with Crippen LogP contribution in [0.15, 0.2) is 42.6 Å². The normalized spacial score (nSPS) is 23.2. The molecule has 2 atom stereocenters. The van der Waals surface area contributed by atoms with E-state index in [1.54, 1.807) is 13.3 Å². The quantitative estimate of drug-likeness (QED) is 0.688. The molecule has 0 spiro atoms. The van der Waals surface area contributed by atoms with Crippen LogP contribution in [0.5, 0.6) is 5.75 Å². The molecule has 2 bridgehead atoms. The molecule has 0 N–H and O–H groups in total. The number of rotatable bonds is 3. The van der Waals surface area contributed by atoms with Gasteiger partial charge in [0.15, 0.2) is 0 Å². The lowest BCUT2D eigenvalue weighted by Crippen LogP contribution is -2.46. The molecule has 1 fully saturated rings. The first-order chi connectivity index (χ1) is 15.6. The molecule has 0 aliphatic carbocycles. The van der Waals surface area contributed by atoms with E-state index < -0.39 is 0 Å². The Morgan fingerprint density at radius 3 is 2.81 bits per heavy atom. The van der Waals surface area contributed by atoms with Crippen molar-refractivity contribution in [1.82, 2.24) is 14.8 Å². The molecule has 172 valence electrons. The highest BCUT2D eigenvalue weighted by atomic mass is 35.5. The number of piperidine rings is 1. The first-order valence-electron chi connectivity index (χ1n) is 11.5. The van der Waals surface area contributed by atoms with Gasteiger partial charge >= 0.3 is 0 Å². The van der Waals surface area contributed by atoms with Crippen molar-refractivity contribution < 1.29 is 14.3 Å². The summed E-state index contributed by atoms with van der Waals surface area (Å²) in [6, 6.07) is 11.4. The summed E-state index contributed by atoms with van der Waals surface area (Å²) in [4.78, 5) is 22.1. The molecule has 1 aromatic carbocycles. The Morgan fingerprint density at radius 1 is 1.12 bits per heavy atom. The van der Waals surface area contributed by atoms with E-state index in [4.69, 9.17) is 21.1 Å². The lowest BCUT2D eigenvalue weighted by Gasteiger charge is -2.38. The van der Waals surface area contributed by atoms with E-state index in [1.807, 2.05) is 41.3 Å². The molecule has 6 nitrogen and oxygen atoms in total. The van der Waals surface area contributed by atoms with Gasteiger partial charge < -0.3 is 14.4 Å². The highest BCUT2D eigenvalue weighted by Gasteiger charge is 2.32. The molecule has 1 amide bonds. The summed E-state index contributed by atoms with van der Waals surface area (Å²) in [5, 5.41) is 0.647. The van der Waals surface area contributed by atoms with Crippen LogP contribution < -0.4 is 4.74 Å². The third kappa shape index (κ3) is 5.80. The Labute approximate surface area is 195 Å². The number of amides is 1. The molecule has 2 aliphatic heterocycles. The molecule has 3 heterocycles. The predicted octanol–water partition coefficient (Wildman–Crippen LogP) is 4.28. The Bertz CT molecular complexity index is 892. The van der Waals surface area contributed by atoms with Crippen LogP contribution in [0.3, 0.4) is 0 Å². The van der Waals surface area contributed by atoms with Crippen LogP contribution in [0.25, 0.3) is 0 Å². The largest absolute Gasteiger partial charge is 0.491 e. The number of carbonyl (C=O) groups excluding carboxylic acids is 1. The van der Waals surface area contributed by atoms with Crippen LogP contribution in [0, 0.1) is 5.92 Å². The summed E-state index contributed by atoms with van der Waals surface area (Å²) in [6.45, 7) is 4.47. The van der Waals surface area contributed by atoms with Gasteiger partial charge in [-0.2, -0.15) is 0 Å². The molecule has 0 radical (unpaired) electrons. The van der Waals surface area contributed by atoms with E-state index >= 15 is 0 Å². The van der Waals surface area contributed by atoms with Crippen molar-refractivity contribution in [2.75, 3.05) is 39.9 Å². The Kier molecular flexibility index (Phi) is 8.00. The average Bonchev–Trinajstić information content (AvgIpc) is 2.82. The average molecular weight is 458 g/mol. The Balaban J connectivity index is 1.52. The van der Waals surface area contributed by atoms with Gasteiger partial charge in [0, 0.05) is 45.4 Å². The highest BCUT2D eigenvalue weighted by Crippen LogP contribution is 2.28. The number of fused-ring (bicyclic) bond motifs is 3. The van der Waals surface area contributed by atoms with Crippen LogP contribution in [-0.4, -0.2) is 66.7 Å². The van der Waals surface area contributed by atoms with Crippen molar-refractivity contribution >= 4 is 17.5 Å². The molecule has 2 aliphatic rings. The fourth-order valence-electron chi connectivity index (χ4n) is 4.75. The summed E-state index contributed by atoms with van der Waals surface area (Å²) in [7, 11) is 1.79. The van der Waals surface area contributed by atoms with Crippen molar-refractivity contribution in [2.45, 2.75) is 38.3 Å². The number of carbonyl (C=O) groups is 1. The number of nitrogens with zero attached hydrogens (tertiary/aromatic N) is 3. The summed E-state index contributed by atoms with van der Waals surface area (Å²) >= 11 is 5.99. The van der Waals surface area contributed by atoms with Gasteiger partial charge in [-0.05, 0) is 50.1 Å². The van der Waals surface area contributed by atoms with Crippen LogP contribution in [0.1, 0.15) is 41.7 Å². The zero-order valence-electron chi connectivity index (χ0n) is 18.7. The molecule has 32 heavy (non-hydrogen) atoms. The monoisotopic (exact) mass is 457 g/mol. The van der Waals surface area contributed by atoms with Crippen molar-refractivity contribution in [3.63, 3.8) is 0 Å². The van der Waals surface area contributed by atoms with E-state index in [-0.39, 0.29) is 12.0 Å². The minimum atomic E-state index is 0.0550. The lowest BCUT2D eigenvalue weighted by atomic mass is 9.89. The van der Waals surface area contributed by atoms with E-state index in [1.165, 1.54) is 0 Å². The van der Waals surface area contributed by atoms with Crippen LogP contribution >= 0.6 is 11.6 Å². The van der Waals surface area contributed by atoms with Gasteiger partial charge in [0.25, 0.3) is 5.91 Å². The predicted molar refractivity (Wildman–Crippen MR) is 125 cm³/mol. The number of hydrogen-bond acceptors (Lipinski definition) is 5. The number of hydrogen-bond donors (Lipinski definition) is 0. The van der Waals surface area contributed by atoms with Crippen LogP contribution in [-0.2, 0) is 11.3 Å². The summed E-state index contributed by atoms with van der Waals surface area (Å²) in [5.41, 5.74) is 1.64. The van der Waals surface area contributed by atoms with E-state index in [9.17, 15) is 4.79 Å². The van der Waals surface area contributed by atoms with Crippen molar-refractivity contribution in [1.29, 1.82) is 0 Å². The number of ether oxygens (including phenoxy) is 2. The van der Waals surface area contributed by atoms with Gasteiger partial charge in [-0.25, -0.2) is 0 Å². The Hall–Kier alpha value is -2.15. The molecular weight excluding hydrogens is 426 g/mol. The minimum Gasteiger partial charge on any atom is -0.491 e. The third-order valence-electron chi connectivity index (χ3n) is 6.51. The van der Waals surface area contributed by atoms with Gasteiger partial charge in [-0.3, -0.25) is 14.7 Å². The molecular formula is C25H32ClN3O3. The van der Waals surface area contributed by atoms with E-state index in [0.717, 1.165) is 64.1 Å². The number of para-hydroxylation sites is 1. The second-order valence-electron chi connectivity index (χ2n) is 8.66. The minimum absolute atomic E-state index is 0.0550. The maximum Gasteiger partial charge on any atom is 0.257 e.